The number of amides is 1. The van der Waals surface area contributed by atoms with E-state index in [9.17, 15) is 9.59 Å². The van der Waals surface area contributed by atoms with Crippen LogP contribution in [-0.2, 0) is 15.0 Å². The molecule has 2 N–H and O–H groups in total. The summed E-state index contributed by atoms with van der Waals surface area (Å²) >= 11 is 0. The summed E-state index contributed by atoms with van der Waals surface area (Å²) in [5, 5.41) is 11.8. The maximum Gasteiger partial charge on any atom is 0.326 e. The normalized spacial score (nSPS) is 17.5. The number of nitrogens with one attached hydrogen (secondary N) is 1. The Morgan fingerprint density at radius 2 is 1.95 bits per heavy atom. The first kappa shape index (κ1) is 13.6. The van der Waals surface area contributed by atoms with Crippen LogP contribution < -0.4 is 5.32 Å². The van der Waals surface area contributed by atoms with Gasteiger partial charge in [0.1, 0.15) is 6.04 Å². The van der Waals surface area contributed by atoms with E-state index in [-0.39, 0.29) is 5.91 Å². The van der Waals surface area contributed by atoms with Gasteiger partial charge < -0.3 is 10.4 Å². The number of carboxylic acid groups (broad SMARTS) is 1. The number of aliphatic carboxylic acids is 1. The van der Waals surface area contributed by atoms with Crippen LogP contribution >= 0.6 is 0 Å². The van der Waals surface area contributed by atoms with Gasteiger partial charge in [-0.2, -0.15) is 0 Å². The topological polar surface area (TPSA) is 66.4 Å². The Labute approximate surface area is 112 Å². The highest BCUT2D eigenvalue weighted by Gasteiger charge is 2.51. The highest BCUT2D eigenvalue weighted by molar-refractivity contribution is 5.93. The van der Waals surface area contributed by atoms with Gasteiger partial charge in [-0.1, -0.05) is 43.7 Å². The molecule has 2 rings (SSSR count). The van der Waals surface area contributed by atoms with E-state index >= 15 is 0 Å². The van der Waals surface area contributed by atoms with Gasteiger partial charge in [0.15, 0.2) is 0 Å². The van der Waals surface area contributed by atoms with Crippen molar-refractivity contribution in [2.24, 2.45) is 0 Å². The molecule has 1 atom stereocenters. The lowest BCUT2D eigenvalue weighted by Crippen LogP contribution is -2.45. The molecule has 0 saturated heterocycles. The summed E-state index contributed by atoms with van der Waals surface area (Å²) in [6, 6.07) is 8.81. The molecule has 1 fully saturated rings. The first-order chi connectivity index (χ1) is 9.10. The summed E-state index contributed by atoms with van der Waals surface area (Å²) in [4.78, 5) is 23.4. The Hall–Kier alpha value is -1.84. The number of carbonyl (C=O) groups is 2. The second-order valence-corrected chi connectivity index (χ2v) is 5.10. The van der Waals surface area contributed by atoms with Crippen molar-refractivity contribution in [2.75, 3.05) is 0 Å². The van der Waals surface area contributed by atoms with Crippen LogP contribution in [0.4, 0.5) is 0 Å². The van der Waals surface area contributed by atoms with Gasteiger partial charge in [-0.05, 0) is 24.8 Å². The highest BCUT2D eigenvalue weighted by atomic mass is 16.4. The number of carboxylic acids is 1. The largest absolute Gasteiger partial charge is 0.480 e. The second kappa shape index (κ2) is 5.43. The molecule has 1 aliphatic rings. The monoisotopic (exact) mass is 261 g/mol. The molecule has 102 valence electrons. The van der Waals surface area contributed by atoms with Crippen LogP contribution in [0.25, 0.3) is 0 Å². The second-order valence-electron chi connectivity index (χ2n) is 5.10. The van der Waals surface area contributed by atoms with Crippen molar-refractivity contribution in [1.29, 1.82) is 0 Å². The van der Waals surface area contributed by atoms with Gasteiger partial charge in [-0.25, -0.2) is 4.79 Å². The predicted octanol–water partition coefficient (Wildman–Crippen LogP) is 2.09. The van der Waals surface area contributed by atoms with E-state index in [0.29, 0.717) is 6.42 Å². The third kappa shape index (κ3) is 2.78. The Bertz CT molecular complexity index is 466. The molecule has 0 aromatic heterocycles. The molecule has 19 heavy (non-hydrogen) atoms. The van der Waals surface area contributed by atoms with Crippen molar-refractivity contribution < 1.29 is 14.7 Å². The maximum atomic E-state index is 12.3. The van der Waals surface area contributed by atoms with Gasteiger partial charge >= 0.3 is 5.97 Å². The van der Waals surface area contributed by atoms with Crippen LogP contribution in [0.1, 0.15) is 38.2 Å². The number of rotatable bonds is 6. The standard InChI is InChI=1S/C15H19NO3/c1-2-6-12(13(17)18)16-14(19)15(9-10-15)11-7-4-3-5-8-11/h3-5,7-8,12H,2,6,9-10H2,1H3,(H,16,19)(H,17,18)/t12-/m1/s1. The first-order valence-corrected chi connectivity index (χ1v) is 6.69. The van der Waals surface area contributed by atoms with Crippen LogP contribution in [-0.4, -0.2) is 23.0 Å². The van der Waals surface area contributed by atoms with E-state index in [1.807, 2.05) is 37.3 Å². The Balaban J connectivity index is 2.10. The summed E-state index contributed by atoms with van der Waals surface area (Å²) in [5.41, 5.74) is 0.482. The summed E-state index contributed by atoms with van der Waals surface area (Å²) in [6.07, 6.45) is 2.78. The van der Waals surface area contributed by atoms with Gasteiger partial charge in [0.2, 0.25) is 5.91 Å². The summed E-state index contributed by atoms with van der Waals surface area (Å²) in [5.74, 6) is -1.11. The van der Waals surface area contributed by atoms with E-state index in [0.717, 1.165) is 24.8 Å². The summed E-state index contributed by atoms with van der Waals surface area (Å²) in [6.45, 7) is 1.91. The van der Waals surface area contributed by atoms with Crippen LogP contribution in [0.2, 0.25) is 0 Å². The third-order valence-corrected chi connectivity index (χ3v) is 3.69. The molecule has 0 heterocycles. The van der Waals surface area contributed by atoms with Crippen LogP contribution in [0, 0.1) is 0 Å². The van der Waals surface area contributed by atoms with Gasteiger partial charge in [0.25, 0.3) is 0 Å². The Morgan fingerprint density at radius 1 is 1.32 bits per heavy atom. The molecule has 1 aliphatic carbocycles. The summed E-state index contributed by atoms with van der Waals surface area (Å²) < 4.78 is 0. The molecule has 0 aliphatic heterocycles. The lowest BCUT2D eigenvalue weighted by atomic mass is 9.94. The molecule has 4 nitrogen and oxygen atoms in total. The smallest absolute Gasteiger partial charge is 0.326 e. The molecule has 0 radical (unpaired) electrons. The fourth-order valence-corrected chi connectivity index (χ4v) is 2.37. The average molecular weight is 261 g/mol. The van der Waals surface area contributed by atoms with Crippen LogP contribution in [0.15, 0.2) is 30.3 Å². The Kier molecular flexibility index (Phi) is 3.88. The number of benzene rings is 1. The molecule has 1 amide bonds. The van der Waals surface area contributed by atoms with Crippen molar-refractivity contribution >= 4 is 11.9 Å². The van der Waals surface area contributed by atoms with E-state index < -0.39 is 17.4 Å². The lowest BCUT2D eigenvalue weighted by Gasteiger charge is -2.19. The third-order valence-electron chi connectivity index (χ3n) is 3.69. The number of hydrogen-bond acceptors (Lipinski definition) is 2. The molecule has 0 bridgehead atoms. The lowest BCUT2D eigenvalue weighted by molar-refractivity contribution is -0.142. The minimum absolute atomic E-state index is 0.153. The van der Waals surface area contributed by atoms with E-state index in [2.05, 4.69) is 5.32 Å². The molecular formula is C15H19NO3. The van der Waals surface area contributed by atoms with Crippen molar-refractivity contribution in [1.82, 2.24) is 5.32 Å². The molecule has 1 saturated carbocycles. The van der Waals surface area contributed by atoms with E-state index in [1.165, 1.54) is 0 Å². The van der Waals surface area contributed by atoms with E-state index in [4.69, 9.17) is 5.11 Å². The first-order valence-electron chi connectivity index (χ1n) is 6.69. The van der Waals surface area contributed by atoms with Gasteiger partial charge in [0.05, 0.1) is 5.41 Å². The van der Waals surface area contributed by atoms with Crippen LogP contribution in [0.3, 0.4) is 0 Å². The predicted molar refractivity (Wildman–Crippen MR) is 71.8 cm³/mol. The number of hydrogen-bond donors (Lipinski definition) is 2. The van der Waals surface area contributed by atoms with Crippen molar-refractivity contribution in [3.05, 3.63) is 35.9 Å². The quantitative estimate of drug-likeness (QED) is 0.824. The average Bonchev–Trinajstić information content (AvgIpc) is 3.20. The van der Waals surface area contributed by atoms with Crippen molar-refractivity contribution in [2.45, 2.75) is 44.1 Å². The van der Waals surface area contributed by atoms with Gasteiger partial charge in [-0.3, -0.25) is 4.79 Å². The zero-order valence-electron chi connectivity index (χ0n) is 11.1. The van der Waals surface area contributed by atoms with Crippen molar-refractivity contribution in [3.8, 4) is 0 Å². The Morgan fingerprint density at radius 3 is 2.42 bits per heavy atom. The fourth-order valence-electron chi connectivity index (χ4n) is 2.37. The molecular weight excluding hydrogens is 242 g/mol. The summed E-state index contributed by atoms with van der Waals surface area (Å²) in [7, 11) is 0. The minimum atomic E-state index is -0.959. The van der Waals surface area contributed by atoms with Crippen LogP contribution in [0.5, 0.6) is 0 Å². The highest BCUT2D eigenvalue weighted by Crippen LogP contribution is 2.48. The van der Waals surface area contributed by atoms with Gasteiger partial charge in [0, 0.05) is 0 Å². The SMILES string of the molecule is CCC[C@@H](NC(=O)C1(c2ccccc2)CC1)C(=O)O. The molecule has 0 spiro atoms. The fraction of sp³-hybridized carbons (Fsp3) is 0.467. The number of carbonyl (C=O) groups excluding carboxylic acids is 1. The molecule has 1 aromatic rings. The van der Waals surface area contributed by atoms with Crippen molar-refractivity contribution in [3.63, 3.8) is 0 Å². The van der Waals surface area contributed by atoms with E-state index in [1.54, 1.807) is 0 Å². The minimum Gasteiger partial charge on any atom is -0.480 e. The van der Waals surface area contributed by atoms with Gasteiger partial charge in [-0.15, -0.1) is 0 Å². The molecule has 1 aromatic carbocycles. The molecule has 0 unspecified atom stereocenters. The maximum absolute atomic E-state index is 12.3. The zero-order chi connectivity index (χ0) is 13.9. The molecule has 4 heteroatoms. The zero-order valence-corrected chi connectivity index (χ0v) is 11.1.